The third kappa shape index (κ3) is 5.04. The third-order valence-corrected chi connectivity index (χ3v) is 11.0. The van der Waals surface area contributed by atoms with Crippen molar-refractivity contribution < 1.29 is 26.9 Å². The highest BCUT2D eigenvalue weighted by molar-refractivity contribution is 5.95. The Morgan fingerprint density at radius 2 is 1.52 bits per heavy atom. The zero-order chi connectivity index (χ0) is 31.2. The summed E-state index contributed by atoms with van der Waals surface area (Å²) in [5.41, 5.74) is -0.247. The van der Waals surface area contributed by atoms with Gasteiger partial charge in [0.25, 0.3) is 0 Å². The predicted molar refractivity (Wildman–Crippen MR) is 159 cm³/mol. The topological polar surface area (TPSA) is 59.2 Å². The second-order valence-corrected chi connectivity index (χ2v) is 15.4. The van der Waals surface area contributed by atoms with Crippen LogP contribution in [0.5, 0.6) is 0 Å². The lowest BCUT2D eigenvalue weighted by Crippen LogP contribution is -2.65. The van der Waals surface area contributed by atoms with E-state index in [1.807, 2.05) is 29.2 Å². The lowest BCUT2D eigenvalue weighted by molar-refractivity contribution is -0.215. The number of halogens is 4. The molecule has 6 fully saturated rings. The molecule has 0 radical (unpaired) electrons. The summed E-state index contributed by atoms with van der Waals surface area (Å²) >= 11 is 0. The summed E-state index contributed by atoms with van der Waals surface area (Å²) in [6.07, 6.45) is 2.89. The molecule has 1 heterocycles. The summed E-state index contributed by atoms with van der Waals surface area (Å²) in [6, 6.07) is 12.6. The quantitative estimate of drug-likeness (QED) is 0.251. The largest absolute Gasteiger partial charge is 0.416 e. The smallest absolute Gasteiger partial charge is 0.339 e. The fraction of sp³-hybridized carbons (Fsp3) is 0.571. The molecule has 0 aliphatic heterocycles. The average Bonchev–Trinajstić information content (AvgIpc) is 3.48. The first-order valence-electron chi connectivity index (χ1n) is 15.7. The van der Waals surface area contributed by atoms with Gasteiger partial charge >= 0.3 is 6.18 Å². The van der Waals surface area contributed by atoms with E-state index in [1.165, 1.54) is 12.1 Å². The Labute approximate surface area is 255 Å². The zero-order valence-electron chi connectivity index (χ0n) is 25.6. The monoisotopic (exact) mass is 609 g/mol. The summed E-state index contributed by atoms with van der Waals surface area (Å²) in [6.45, 7) is 6.75. The molecule has 9 heteroatoms. The van der Waals surface area contributed by atoms with Crippen molar-refractivity contribution in [3.05, 3.63) is 65.8 Å². The Morgan fingerprint density at radius 3 is 2.07 bits per heavy atom. The molecule has 6 aliphatic carbocycles. The van der Waals surface area contributed by atoms with Crippen LogP contribution >= 0.6 is 0 Å². The standard InChI is InChI=1S/C35H39F4N3O2/c1-30(2,3)29-40-28(41-44-29)33-14-11-31(12-15-33,13-16-33)22-42(27(43)18-32-19-34(36,20-32)21-32)26-6-4-5-24(17-26)23-7-9-25(10-8-23)35(37,38)39/h4-10,17H,11-16,18-22H2,1-3H3. The summed E-state index contributed by atoms with van der Waals surface area (Å²) in [7, 11) is 0. The molecule has 5 nitrogen and oxygen atoms in total. The number of anilines is 1. The SMILES string of the molecule is CC(C)(C)c1nc(C23CCC(CN(C(=O)CC45CC(F)(C4)C5)c4cccc(-c5ccc(C(F)(F)F)cc5)c4)(CC2)CC3)no1. The highest BCUT2D eigenvalue weighted by atomic mass is 19.4. The molecule has 234 valence electrons. The van der Waals surface area contributed by atoms with Gasteiger partial charge in [-0.15, -0.1) is 0 Å². The molecule has 3 aromatic rings. The van der Waals surface area contributed by atoms with E-state index in [4.69, 9.17) is 9.51 Å². The van der Waals surface area contributed by atoms with Crippen LogP contribution in [-0.2, 0) is 21.8 Å². The van der Waals surface area contributed by atoms with Crippen LogP contribution in [0.3, 0.4) is 0 Å². The number of nitrogens with zero attached hydrogens (tertiary/aromatic N) is 3. The molecule has 2 aromatic carbocycles. The van der Waals surface area contributed by atoms with Gasteiger partial charge in [0, 0.05) is 29.5 Å². The maximum atomic E-state index is 14.4. The van der Waals surface area contributed by atoms with Crippen molar-refractivity contribution in [2.45, 2.75) is 108 Å². The number of aromatic nitrogens is 2. The van der Waals surface area contributed by atoms with Crippen LogP contribution in [0.1, 0.15) is 102 Å². The molecule has 4 bridgehead atoms. The van der Waals surface area contributed by atoms with Crippen LogP contribution in [0, 0.1) is 10.8 Å². The molecule has 9 rings (SSSR count). The average molecular weight is 610 g/mol. The zero-order valence-corrected chi connectivity index (χ0v) is 25.6. The second-order valence-electron chi connectivity index (χ2n) is 15.4. The molecule has 0 spiro atoms. The van der Waals surface area contributed by atoms with Gasteiger partial charge in [0.2, 0.25) is 11.8 Å². The third-order valence-electron chi connectivity index (χ3n) is 11.0. The Hall–Kier alpha value is -3.23. The molecule has 1 aromatic heterocycles. The molecular formula is C35H39F4N3O2. The second kappa shape index (κ2) is 9.63. The van der Waals surface area contributed by atoms with Crippen molar-refractivity contribution in [2.24, 2.45) is 10.8 Å². The Balaban J connectivity index is 1.14. The molecule has 6 aliphatic rings. The number of hydrogen-bond acceptors (Lipinski definition) is 4. The van der Waals surface area contributed by atoms with Gasteiger partial charge in [-0.1, -0.05) is 50.2 Å². The van der Waals surface area contributed by atoms with Crippen molar-refractivity contribution in [3.63, 3.8) is 0 Å². The van der Waals surface area contributed by atoms with E-state index in [9.17, 15) is 22.4 Å². The Kier molecular flexibility index (Phi) is 6.45. The molecule has 6 saturated carbocycles. The maximum absolute atomic E-state index is 14.4. The minimum absolute atomic E-state index is 0.00101. The first kappa shape index (κ1) is 29.5. The Morgan fingerprint density at radius 1 is 0.886 bits per heavy atom. The molecule has 0 atom stereocenters. The normalized spacial score (nSPS) is 30.9. The minimum Gasteiger partial charge on any atom is -0.339 e. The van der Waals surface area contributed by atoms with E-state index in [0.29, 0.717) is 43.7 Å². The van der Waals surface area contributed by atoms with Crippen molar-refractivity contribution in [3.8, 4) is 11.1 Å². The highest BCUT2D eigenvalue weighted by Crippen LogP contribution is 2.71. The van der Waals surface area contributed by atoms with Crippen LogP contribution in [0.4, 0.5) is 23.2 Å². The van der Waals surface area contributed by atoms with Crippen LogP contribution in [0.2, 0.25) is 0 Å². The van der Waals surface area contributed by atoms with E-state index in [1.54, 1.807) is 0 Å². The lowest BCUT2D eigenvalue weighted by atomic mass is 9.41. The number of hydrogen-bond donors (Lipinski definition) is 0. The molecule has 0 unspecified atom stereocenters. The van der Waals surface area contributed by atoms with Crippen molar-refractivity contribution >= 4 is 11.6 Å². The number of rotatable bonds is 7. The van der Waals surface area contributed by atoms with Crippen LogP contribution in [0.15, 0.2) is 53.1 Å². The molecular weight excluding hydrogens is 570 g/mol. The van der Waals surface area contributed by atoms with Gasteiger partial charge in [0.15, 0.2) is 5.82 Å². The number of fused-ring (bicyclic) bond motifs is 3. The Bertz CT molecular complexity index is 1540. The van der Waals surface area contributed by atoms with Gasteiger partial charge in [-0.05, 0) is 104 Å². The number of benzene rings is 2. The van der Waals surface area contributed by atoms with Gasteiger partial charge < -0.3 is 9.42 Å². The number of carbonyl (C=O) groups is 1. The summed E-state index contributed by atoms with van der Waals surface area (Å²) in [5.74, 6) is 1.45. The van der Waals surface area contributed by atoms with Crippen LogP contribution in [-0.4, -0.2) is 28.3 Å². The van der Waals surface area contributed by atoms with Crippen LogP contribution < -0.4 is 4.90 Å². The van der Waals surface area contributed by atoms with Crippen molar-refractivity contribution in [2.75, 3.05) is 11.4 Å². The van der Waals surface area contributed by atoms with E-state index < -0.39 is 17.4 Å². The first-order valence-corrected chi connectivity index (χ1v) is 15.7. The van der Waals surface area contributed by atoms with Crippen LogP contribution in [0.25, 0.3) is 11.1 Å². The fourth-order valence-corrected chi connectivity index (χ4v) is 8.41. The van der Waals surface area contributed by atoms with Gasteiger partial charge in [-0.25, -0.2) is 4.39 Å². The molecule has 0 saturated heterocycles. The number of amides is 1. The summed E-state index contributed by atoms with van der Waals surface area (Å²) < 4.78 is 59.5. The predicted octanol–water partition coefficient (Wildman–Crippen LogP) is 8.96. The van der Waals surface area contributed by atoms with E-state index in [2.05, 4.69) is 25.9 Å². The highest BCUT2D eigenvalue weighted by Gasteiger charge is 2.69. The minimum atomic E-state index is -4.40. The van der Waals surface area contributed by atoms with Gasteiger partial charge in [0.05, 0.1) is 5.56 Å². The lowest BCUT2D eigenvalue weighted by Gasteiger charge is -2.66. The maximum Gasteiger partial charge on any atom is 0.416 e. The fourth-order valence-electron chi connectivity index (χ4n) is 8.41. The van der Waals surface area contributed by atoms with E-state index in [-0.39, 0.29) is 27.6 Å². The van der Waals surface area contributed by atoms with Crippen molar-refractivity contribution in [1.29, 1.82) is 0 Å². The van der Waals surface area contributed by atoms with Gasteiger partial charge in [-0.3, -0.25) is 4.79 Å². The molecule has 1 amide bonds. The van der Waals surface area contributed by atoms with E-state index in [0.717, 1.165) is 67.7 Å². The van der Waals surface area contributed by atoms with Gasteiger partial charge in [0.1, 0.15) is 5.67 Å². The van der Waals surface area contributed by atoms with E-state index >= 15 is 0 Å². The number of alkyl halides is 4. The molecule has 0 N–H and O–H groups in total. The van der Waals surface area contributed by atoms with Crippen molar-refractivity contribution in [1.82, 2.24) is 10.1 Å². The summed E-state index contributed by atoms with van der Waals surface area (Å²) in [4.78, 5) is 20.8. The number of carbonyl (C=O) groups excluding carboxylic acids is 1. The van der Waals surface area contributed by atoms with Gasteiger partial charge in [-0.2, -0.15) is 18.2 Å². The first-order chi connectivity index (χ1) is 20.6. The molecule has 44 heavy (non-hydrogen) atoms. The summed E-state index contributed by atoms with van der Waals surface area (Å²) in [5, 5.41) is 4.41.